The lowest BCUT2D eigenvalue weighted by molar-refractivity contribution is -0.150. The van der Waals surface area contributed by atoms with Crippen LogP contribution in [0.4, 0.5) is 4.79 Å². The number of urea groups is 1. The SMILES string of the molecule is CC(C)(NC(=O)NCc1ccccn1)C(C)(C)C(=O)O. The molecule has 110 valence electrons. The average Bonchev–Trinajstić information content (AvgIpc) is 2.36. The Hall–Kier alpha value is -2.11. The number of hydrogen-bond acceptors (Lipinski definition) is 3. The number of pyridine rings is 1. The van der Waals surface area contributed by atoms with E-state index in [1.54, 1.807) is 46.0 Å². The summed E-state index contributed by atoms with van der Waals surface area (Å²) in [5.74, 6) is -0.965. The molecule has 0 saturated heterocycles. The molecule has 0 saturated carbocycles. The van der Waals surface area contributed by atoms with Crippen molar-refractivity contribution in [1.82, 2.24) is 15.6 Å². The van der Waals surface area contributed by atoms with Gasteiger partial charge in [-0.2, -0.15) is 0 Å². The van der Waals surface area contributed by atoms with Crippen LogP contribution in [-0.2, 0) is 11.3 Å². The Morgan fingerprint density at radius 2 is 1.90 bits per heavy atom. The molecule has 0 radical (unpaired) electrons. The predicted molar refractivity (Wildman–Crippen MR) is 75.1 cm³/mol. The number of rotatable bonds is 5. The molecule has 1 aromatic heterocycles. The second kappa shape index (κ2) is 5.90. The number of carbonyl (C=O) groups excluding carboxylic acids is 1. The van der Waals surface area contributed by atoms with Crippen LogP contribution in [0.1, 0.15) is 33.4 Å². The third-order valence-corrected chi connectivity index (χ3v) is 3.68. The van der Waals surface area contributed by atoms with E-state index in [1.165, 1.54) is 0 Å². The highest BCUT2D eigenvalue weighted by Crippen LogP contribution is 2.30. The topological polar surface area (TPSA) is 91.3 Å². The Labute approximate surface area is 118 Å². The van der Waals surface area contributed by atoms with Crippen LogP contribution in [0, 0.1) is 5.41 Å². The van der Waals surface area contributed by atoms with Crippen LogP contribution < -0.4 is 10.6 Å². The van der Waals surface area contributed by atoms with Crippen LogP contribution in [0.2, 0.25) is 0 Å². The molecule has 1 rings (SSSR count). The molecule has 0 aliphatic rings. The van der Waals surface area contributed by atoms with Gasteiger partial charge in [0.2, 0.25) is 0 Å². The van der Waals surface area contributed by atoms with E-state index >= 15 is 0 Å². The second-order valence-corrected chi connectivity index (χ2v) is 5.68. The molecule has 3 N–H and O–H groups in total. The molecule has 0 aromatic carbocycles. The first-order chi connectivity index (χ1) is 9.17. The van der Waals surface area contributed by atoms with Crippen molar-refractivity contribution >= 4 is 12.0 Å². The zero-order valence-corrected chi connectivity index (χ0v) is 12.2. The van der Waals surface area contributed by atoms with Crippen LogP contribution in [0.25, 0.3) is 0 Å². The maximum Gasteiger partial charge on any atom is 0.315 e. The Morgan fingerprint density at radius 3 is 2.40 bits per heavy atom. The summed E-state index contributed by atoms with van der Waals surface area (Å²) in [4.78, 5) is 27.2. The quantitative estimate of drug-likeness (QED) is 0.766. The largest absolute Gasteiger partial charge is 0.481 e. The summed E-state index contributed by atoms with van der Waals surface area (Å²) >= 11 is 0. The Balaban J connectivity index is 2.60. The molecule has 0 fully saturated rings. The highest BCUT2D eigenvalue weighted by molar-refractivity contribution is 5.79. The monoisotopic (exact) mass is 279 g/mol. The van der Waals surface area contributed by atoms with E-state index < -0.39 is 23.0 Å². The van der Waals surface area contributed by atoms with Gasteiger partial charge in [0.15, 0.2) is 0 Å². The minimum Gasteiger partial charge on any atom is -0.481 e. The van der Waals surface area contributed by atoms with Gasteiger partial charge in [-0.15, -0.1) is 0 Å². The maximum atomic E-state index is 11.9. The normalized spacial score (nSPS) is 11.8. The van der Waals surface area contributed by atoms with Crippen molar-refractivity contribution in [2.45, 2.75) is 39.8 Å². The predicted octanol–water partition coefficient (Wildman–Crippen LogP) is 1.77. The molecule has 6 heteroatoms. The van der Waals surface area contributed by atoms with Crippen LogP contribution in [0.15, 0.2) is 24.4 Å². The van der Waals surface area contributed by atoms with Crippen LogP contribution in [-0.4, -0.2) is 27.6 Å². The maximum absolute atomic E-state index is 11.9. The zero-order chi connectivity index (χ0) is 15.4. The summed E-state index contributed by atoms with van der Waals surface area (Å²) in [6.07, 6.45) is 1.65. The fraction of sp³-hybridized carbons (Fsp3) is 0.500. The number of nitrogens with one attached hydrogen (secondary N) is 2. The third kappa shape index (κ3) is 3.69. The highest BCUT2D eigenvalue weighted by atomic mass is 16.4. The summed E-state index contributed by atoms with van der Waals surface area (Å²) in [6.45, 7) is 6.81. The van der Waals surface area contributed by atoms with Crippen molar-refractivity contribution in [1.29, 1.82) is 0 Å². The number of aliphatic carboxylic acids is 1. The van der Waals surface area contributed by atoms with Crippen molar-refractivity contribution in [3.8, 4) is 0 Å². The molecule has 6 nitrogen and oxygen atoms in total. The zero-order valence-electron chi connectivity index (χ0n) is 12.2. The molecule has 1 aromatic rings. The van der Waals surface area contributed by atoms with Gasteiger partial charge in [0.25, 0.3) is 0 Å². The molecule has 0 bridgehead atoms. The summed E-state index contributed by atoms with van der Waals surface area (Å²) < 4.78 is 0. The number of carbonyl (C=O) groups is 2. The highest BCUT2D eigenvalue weighted by Gasteiger charge is 2.44. The van der Waals surface area contributed by atoms with Gasteiger partial charge in [0.1, 0.15) is 0 Å². The van der Waals surface area contributed by atoms with E-state index in [2.05, 4.69) is 15.6 Å². The van der Waals surface area contributed by atoms with Crippen molar-refractivity contribution in [2.24, 2.45) is 5.41 Å². The van der Waals surface area contributed by atoms with E-state index in [4.69, 9.17) is 0 Å². The van der Waals surface area contributed by atoms with E-state index in [0.717, 1.165) is 5.69 Å². The smallest absolute Gasteiger partial charge is 0.315 e. The molecule has 20 heavy (non-hydrogen) atoms. The third-order valence-electron chi connectivity index (χ3n) is 3.68. The van der Waals surface area contributed by atoms with Gasteiger partial charge in [0.05, 0.1) is 23.2 Å². The van der Waals surface area contributed by atoms with Gasteiger partial charge in [-0.3, -0.25) is 9.78 Å². The van der Waals surface area contributed by atoms with Crippen LogP contribution >= 0.6 is 0 Å². The minimum atomic E-state index is -1.09. The fourth-order valence-electron chi connectivity index (χ4n) is 1.43. The molecular formula is C14H21N3O3. The standard InChI is InChI=1S/C14H21N3O3/c1-13(2,11(18)19)14(3,4)17-12(20)16-9-10-7-5-6-8-15-10/h5-8H,9H2,1-4H3,(H,18,19)(H2,16,17,20). The summed E-state index contributed by atoms with van der Waals surface area (Å²) in [5, 5.41) is 14.6. The van der Waals surface area contributed by atoms with Gasteiger partial charge < -0.3 is 15.7 Å². The second-order valence-electron chi connectivity index (χ2n) is 5.68. The summed E-state index contributed by atoms with van der Waals surface area (Å²) in [7, 11) is 0. The fourth-order valence-corrected chi connectivity index (χ4v) is 1.43. The molecule has 0 unspecified atom stereocenters. The van der Waals surface area contributed by atoms with Gasteiger partial charge >= 0.3 is 12.0 Å². The van der Waals surface area contributed by atoms with E-state index in [1.807, 2.05) is 6.07 Å². The molecule has 0 spiro atoms. The minimum absolute atomic E-state index is 0.288. The molecule has 0 aliphatic carbocycles. The Kier molecular flexibility index (Phi) is 4.70. The Bertz CT molecular complexity index is 484. The van der Waals surface area contributed by atoms with Gasteiger partial charge in [0, 0.05) is 6.20 Å². The van der Waals surface area contributed by atoms with Gasteiger partial charge in [-0.05, 0) is 39.8 Å². The summed E-state index contributed by atoms with van der Waals surface area (Å²) in [6, 6.07) is 5.00. The molecule has 0 aliphatic heterocycles. The number of carboxylic acid groups (broad SMARTS) is 1. The Morgan fingerprint density at radius 1 is 1.25 bits per heavy atom. The van der Waals surface area contributed by atoms with Crippen LogP contribution in [0.3, 0.4) is 0 Å². The molecular weight excluding hydrogens is 258 g/mol. The van der Waals surface area contributed by atoms with E-state index in [0.29, 0.717) is 0 Å². The number of amides is 2. The first kappa shape index (κ1) is 15.9. The number of nitrogens with zero attached hydrogens (tertiary/aromatic N) is 1. The molecule has 0 atom stereocenters. The summed E-state index contributed by atoms with van der Waals surface area (Å²) in [5.41, 5.74) is -1.25. The lowest BCUT2D eigenvalue weighted by Crippen LogP contribution is -2.58. The molecule has 2 amide bonds. The molecule has 1 heterocycles. The van der Waals surface area contributed by atoms with Gasteiger partial charge in [-0.25, -0.2) is 4.79 Å². The van der Waals surface area contributed by atoms with Crippen molar-refractivity contribution in [3.05, 3.63) is 30.1 Å². The van der Waals surface area contributed by atoms with Crippen molar-refractivity contribution < 1.29 is 14.7 Å². The first-order valence-electron chi connectivity index (χ1n) is 6.36. The number of aromatic nitrogens is 1. The average molecular weight is 279 g/mol. The van der Waals surface area contributed by atoms with E-state index in [-0.39, 0.29) is 6.54 Å². The lowest BCUT2D eigenvalue weighted by Gasteiger charge is -2.38. The van der Waals surface area contributed by atoms with Gasteiger partial charge in [-0.1, -0.05) is 6.07 Å². The number of hydrogen-bond donors (Lipinski definition) is 3. The lowest BCUT2D eigenvalue weighted by atomic mass is 9.74. The van der Waals surface area contributed by atoms with Crippen molar-refractivity contribution in [2.75, 3.05) is 0 Å². The van der Waals surface area contributed by atoms with Crippen LogP contribution in [0.5, 0.6) is 0 Å². The number of carboxylic acids is 1. The van der Waals surface area contributed by atoms with Crippen molar-refractivity contribution in [3.63, 3.8) is 0 Å². The van der Waals surface area contributed by atoms with E-state index in [9.17, 15) is 14.7 Å². The first-order valence-corrected chi connectivity index (χ1v) is 6.36.